The lowest BCUT2D eigenvalue weighted by Gasteiger charge is -2.11. The van der Waals surface area contributed by atoms with Crippen molar-refractivity contribution in [1.82, 2.24) is 0 Å². The highest BCUT2D eigenvalue weighted by atomic mass is 14.9. The second-order valence-electron chi connectivity index (χ2n) is 4.56. The summed E-state index contributed by atoms with van der Waals surface area (Å²) in [6.07, 6.45) is 6.04. The molecule has 1 aliphatic carbocycles. The molecule has 1 aromatic rings. The zero-order chi connectivity index (χ0) is 11.2. The largest absolute Gasteiger partial charge is 0.385 e. The number of nitriles is 1. The van der Waals surface area contributed by atoms with Crippen molar-refractivity contribution in [2.45, 2.75) is 32.1 Å². The Bertz CT molecular complexity index is 355. The Labute approximate surface area is 97.3 Å². The fourth-order valence-electron chi connectivity index (χ4n) is 2.31. The van der Waals surface area contributed by atoms with E-state index in [-0.39, 0.29) is 0 Å². The van der Waals surface area contributed by atoms with Gasteiger partial charge in [0.15, 0.2) is 0 Å². The molecule has 2 heteroatoms. The Hall–Kier alpha value is -1.49. The first-order chi connectivity index (χ1) is 7.88. The molecule has 2 nitrogen and oxygen atoms in total. The Morgan fingerprint density at radius 2 is 1.88 bits per heavy atom. The van der Waals surface area contributed by atoms with Crippen molar-refractivity contribution in [2.24, 2.45) is 5.92 Å². The van der Waals surface area contributed by atoms with E-state index in [1.165, 1.54) is 31.4 Å². The van der Waals surface area contributed by atoms with Crippen molar-refractivity contribution in [3.8, 4) is 6.07 Å². The van der Waals surface area contributed by atoms with Crippen LogP contribution < -0.4 is 5.32 Å². The first-order valence-electron chi connectivity index (χ1n) is 6.08. The van der Waals surface area contributed by atoms with Gasteiger partial charge in [-0.3, -0.25) is 0 Å². The molecule has 0 radical (unpaired) electrons. The number of hydrogen-bond donors (Lipinski definition) is 1. The van der Waals surface area contributed by atoms with Gasteiger partial charge in [0.2, 0.25) is 0 Å². The molecule has 0 atom stereocenters. The first kappa shape index (κ1) is 11.0. The van der Waals surface area contributed by atoms with E-state index in [0.717, 1.165) is 18.0 Å². The fourth-order valence-corrected chi connectivity index (χ4v) is 2.31. The molecule has 1 saturated carbocycles. The van der Waals surface area contributed by atoms with Crippen LogP contribution >= 0.6 is 0 Å². The van der Waals surface area contributed by atoms with Crippen LogP contribution in [0, 0.1) is 17.2 Å². The number of hydrogen-bond acceptors (Lipinski definition) is 2. The summed E-state index contributed by atoms with van der Waals surface area (Å²) in [7, 11) is 0. The van der Waals surface area contributed by atoms with Gasteiger partial charge in [-0.15, -0.1) is 0 Å². The summed E-state index contributed by atoms with van der Waals surface area (Å²) < 4.78 is 0. The third kappa shape index (κ3) is 3.00. The summed E-state index contributed by atoms with van der Waals surface area (Å²) in [5, 5.41) is 12.0. The van der Waals surface area contributed by atoms with Gasteiger partial charge in [-0.25, -0.2) is 0 Å². The Kier molecular flexibility index (Phi) is 3.82. The van der Waals surface area contributed by atoms with Gasteiger partial charge in [0.1, 0.15) is 0 Å². The van der Waals surface area contributed by atoms with Crippen molar-refractivity contribution in [3.63, 3.8) is 0 Å². The maximum atomic E-state index is 8.57. The summed E-state index contributed by atoms with van der Waals surface area (Å²) in [5.41, 5.74) is 2.27. The number of nitrogens with zero attached hydrogens (tertiary/aromatic N) is 1. The number of benzene rings is 1. The van der Waals surface area contributed by atoms with Gasteiger partial charge in [0.05, 0.1) is 12.5 Å². The summed E-state index contributed by atoms with van der Waals surface area (Å²) >= 11 is 0. The van der Waals surface area contributed by atoms with Crippen LogP contribution in [-0.2, 0) is 6.42 Å². The predicted molar refractivity (Wildman–Crippen MR) is 66.2 cm³/mol. The normalized spacial score (nSPS) is 15.9. The van der Waals surface area contributed by atoms with Gasteiger partial charge in [0, 0.05) is 12.2 Å². The summed E-state index contributed by atoms with van der Waals surface area (Å²) in [6.45, 7) is 1.09. The van der Waals surface area contributed by atoms with E-state index >= 15 is 0 Å². The third-order valence-corrected chi connectivity index (χ3v) is 3.31. The van der Waals surface area contributed by atoms with Crippen LogP contribution in [-0.4, -0.2) is 6.54 Å². The molecule has 0 unspecified atom stereocenters. The lowest BCUT2D eigenvalue weighted by molar-refractivity contribution is 0.580. The number of anilines is 1. The van der Waals surface area contributed by atoms with Crippen LogP contribution in [0.25, 0.3) is 0 Å². The van der Waals surface area contributed by atoms with Gasteiger partial charge >= 0.3 is 0 Å². The van der Waals surface area contributed by atoms with Crippen LogP contribution in [0.2, 0.25) is 0 Å². The molecular formula is C14H18N2. The van der Waals surface area contributed by atoms with Crippen LogP contribution in [0.15, 0.2) is 24.3 Å². The van der Waals surface area contributed by atoms with E-state index in [1.54, 1.807) is 0 Å². The molecule has 1 N–H and O–H groups in total. The van der Waals surface area contributed by atoms with Gasteiger partial charge in [-0.05, 0) is 36.5 Å². The SMILES string of the molecule is N#CCc1ccc(NCC2CCCC2)cc1. The smallest absolute Gasteiger partial charge is 0.0669 e. The van der Waals surface area contributed by atoms with E-state index in [9.17, 15) is 0 Å². The minimum Gasteiger partial charge on any atom is -0.385 e. The minimum atomic E-state index is 0.503. The fraction of sp³-hybridized carbons (Fsp3) is 0.500. The Balaban J connectivity index is 1.82. The van der Waals surface area contributed by atoms with E-state index in [4.69, 9.17) is 5.26 Å². The van der Waals surface area contributed by atoms with Crippen molar-refractivity contribution in [3.05, 3.63) is 29.8 Å². The monoisotopic (exact) mass is 214 g/mol. The van der Waals surface area contributed by atoms with Gasteiger partial charge in [0.25, 0.3) is 0 Å². The van der Waals surface area contributed by atoms with E-state index in [1.807, 2.05) is 12.1 Å². The summed E-state index contributed by atoms with van der Waals surface area (Å²) in [4.78, 5) is 0. The van der Waals surface area contributed by atoms with Gasteiger partial charge in [-0.1, -0.05) is 25.0 Å². The quantitative estimate of drug-likeness (QED) is 0.834. The van der Waals surface area contributed by atoms with Crippen molar-refractivity contribution < 1.29 is 0 Å². The van der Waals surface area contributed by atoms with Crippen LogP contribution in [0.5, 0.6) is 0 Å². The third-order valence-electron chi connectivity index (χ3n) is 3.31. The molecule has 1 aromatic carbocycles. The molecule has 1 fully saturated rings. The highest BCUT2D eigenvalue weighted by Gasteiger charge is 2.13. The summed E-state index contributed by atoms with van der Waals surface area (Å²) in [6, 6.07) is 10.4. The van der Waals surface area contributed by atoms with Crippen molar-refractivity contribution in [1.29, 1.82) is 5.26 Å². The highest BCUT2D eigenvalue weighted by molar-refractivity contribution is 5.45. The maximum absolute atomic E-state index is 8.57. The predicted octanol–water partition coefficient (Wildman–Crippen LogP) is 3.35. The molecule has 0 aliphatic heterocycles. The first-order valence-corrected chi connectivity index (χ1v) is 6.08. The van der Waals surface area contributed by atoms with E-state index in [2.05, 4.69) is 23.5 Å². The second kappa shape index (κ2) is 5.55. The molecule has 84 valence electrons. The van der Waals surface area contributed by atoms with Gasteiger partial charge < -0.3 is 5.32 Å². The molecule has 0 bridgehead atoms. The number of rotatable bonds is 4. The number of nitrogens with one attached hydrogen (secondary N) is 1. The van der Waals surface area contributed by atoms with Crippen LogP contribution in [0.1, 0.15) is 31.2 Å². The molecule has 0 saturated heterocycles. The maximum Gasteiger partial charge on any atom is 0.0669 e. The van der Waals surface area contributed by atoms with Crippen LogP contribution in [0.3, 0.4) is 0 Å². The Morgan fingerprint density at radius 1 is 1.19 bits per heavy atom. The van der Waals surface area contributed by atoms with Gasteiger partial charge in [-0.2, -0.15) is 5.26 Å². The molecule has 16 heavy (non-hydrogen) atoms. The zero-order valence-electron chi connectivity index (χ0n) is 9.58. The topological polar surface area (TPSA) is 35.8 Å². The van der Waals surface area contributed by atoms with E-state index in [0.29, 0.717) is 6.42 Å². The lowest BCUT2D eigenvalue weighted by atomic mass is 10.1. The van der Waals surface area contributed by atoms with Crippen LogP contribution in [0.4, 0.5) is 5.69 Å². The molecule has 0 amide bonds. The Morgan fingerprint density at radius 3 is 2.50 bits per heavy atom. The molecule has 1 aliphatic rings. The molecular weight excluding hydrogens is 196 g/mol. The average molecular weight is 214 g/mol. The van der Waals surface area contributed by atoms with Crippen molar-refractivity contribution >= 4 is 5.69 Å². The zero-order valence-corrected chi connectivity index (χ0v) is 9.58. The summed E-state index contributed by atoms with van der Waals surface area (Å²) in [5.74, 6) is 0.860. The lowest BCUT2D eigenvalue weighted by Crippen LogP contribution is -2.10. The molecule has 2 rings (SSSR count). The minimum absolute atomic E-state index is 0.503. The standard InChI is InChI=1S/C14H18N2/c15-10-9-12-5-7-14(8-6-12)16-11-13-3-1-2-4-13/h5-8,13,16H,1-4,9,11H2. The highest BCUT2D eigenvalue weighted by Crippen LogP contribution is 2.24. The molecule has 0 heterocycles. The van der Waals surface area contributed by atoms with Crippen molar-refractivity contribution in [2.75, 3.05) is 11.9 Å². The average Bonchev–Trinajstić information content (AvgIpc) is 2.82. The molecule has 0 spiro atoms. The second-order valence-corrected chi connectivity index (χ2v) is 4.56. The molecule has 0 aromatic heterocycles. The van der Waals surface area contributed by atoms with E-state index < -0.39 is 0 Å².